The lowest BCUT2D eigenvalue weighted by molar-refractivity contribution is 0.0934. The highest BCUT2D eigenvalue weighted by molar-refractivity contribution is 7.11. The molecule has 1 atom stereocenters. The lowest BCUT2D eigenvalue weighted by atomic mass is 10.1. The number of benzene rings is 1. The average Bonchev–Trinajstić information content (AvgIpc) is 2.99. The minimum atomic E-state index is -0.122. The predicted octanol–water partition coefficient (Wildman–Crippen LogP) is 2.91. The van der Waals surface area contributed by atoms with Gasteiger partial charge >= 0.3 is 0 Å². The van der Waals surface area contributed by atoms with Crippen LogP contribution in [0.1, 0.15) is 51.6 Å². The van der Waals surface area contributed by atoms with E-state index < -0.39 is 0 Å². The zero-order chi connectivity index (χ0) is 16.8. The van der Waals surface area contributed by atoms with E-state index in [1.54, 1.807) is 17.6 Å². The van der Waals surface area contributed by atoms with Crippen LogP contribution in [0.2, 0.25) is 0 Å². The number of hydrogen-bond acceptors (Lipinski definition) is 4. The van der Waals surface area contributed by atoms with E-state index in [4.69, 9.17) is 0 Å². The van der Waals surface area contributed by atoms with Gasteiger partial charge in [0.05, 0.1) is 11.2 Å². The summed E-state index contributed by atoms with van der Waals surface area (Å²) in [7, 11) is 0. The van der Waals surface area contributed by atoms with Crippen LogP contribution in [0.25, 0.3) is 0 Å². The summed E-state index contributed by atoms with van der Waals surface area (Å²) in [4.78, 5) is 28.7. The van der Waals surface area contributed by atoms with E-state index in [1.165, 1.54) is 11.3 Å². The van der Waals surface area contributed by atoms with Gasteiger partial charge < -0.3 is 10.6 Å². The van der Waals surface area contributed by atoms with Crippen LogP contribution in [-0.2, 0) is 6.54 Å². The molecule has 0 aliphatic rings. The van der Waals surface area contributed by atoms with Gasteiger partial charge in [0, 0.05) is 18.2 Å². The van der Waals surface area contributed by atoms with Gasteiger partial charge in [-0.1, -0.05) is 19.1 Å². The van der Waals surface area contributed by atoms with Crippen LogP contribution in [0.5, 0.6) is 0 Å². The number of carbonyl (C=O) groups excluding carboxylic acids is 2. The lowest BCUT2D eigenvalue weighted by Crippen LogP contribution is -2.31. The Balaban J connectivity index is 1.91. The minimum absolute atomic E-state index is 0.0739. The van der Waals surface area contributed by atoms with Crippen molar-refractivity contribution in [2.24, 2.45) is 0 Å². The summed E-state index contributed by atoms with van der Waals surface area (Å²) in [5.74, 6) is -0.196. The average molecular weight is 331 g/mol. The highest BCUT2D eigenvalue weighted by Crippen LogP contribution is 2.12. The summed E-state index contributed by atoms with van der Waals surface area (Å²) in [6, 6.07) is 7.41. The predicted molar refractivity (Wildman–Crippen MR) is 91.7 cm³/mol. The Bertz CT molecular complexity index is 679. The molecule has 0 saturated heterocycles. The van der Waals surface area contributed by atoms with Gasteiger partial charge in [0.1, 0.15) is 4.88 Å². The number of amides is 2. The van der Waals surface area contributed by atoms with Crippen LogP contribution in [-0.4, -0.2) is 22.8 Å². The third kappa shape index (κ3) is 4.63. The molecule has 0 aliphatic heterocycles. The second kappa shape index (κ2) is 7.87. The van der Waals surface area contributed by atoms with Crippen molar-refractivity contribution in [2.45, 2.75) is 39.8 Å². The van der Waals surface area contributed by atoms with Crippen molar-refractivity contribution in [2.75, 3.05) is 0 Å². The van der Waals surface area contributed by atoms with Gasteiger partial charge in [0.15, 0.2) is 0 Å². The van der Waals surface area contributed by atoms with E-state index in [-0.39, 0.29) is 17.9 Å². The van der Waals surface area contributed by atoms with Crippen molar-refractivity contribution < 1.29 is 9.59 Å². The number of carbonyl (C=O) groups is 2. The molecule has 6 heteroatoms. The summed E-state index contributed by atoms with van der Waals surface area (Å²) in [6.45, 7) is 6.24. The van der Waals surface area contributed by atoms with E-state index in [0.29, 0.717) is 17.0 Å². The van der Waals surface area contributed by atoms with Crippen LogP contribution < -0.4 is 10.6 Å². The molecule has 2 aromatic rings. The standard InChI is InChI=1S/C17H21N3O2S/c1-4-11(2)20-16(21)14-7-5-13(6-8-14)9-18-17(22)15-12(3)19-10-23-15/h5-8,10-11H,4,9H2,1-3H3,(H,18,22)(H,20,21)/t11-/m0/s1. The molecule has 0 saturated carbocycles. The highest BCUT2D eigenvalue weighted by atomic mass is 32.1. The molecular formula is C17H21N3O2S. The summed E-state index contributed by atoms with van der Waals surface area (Å²) in [6.07, 6.45) is 0.896. The summed E-state index contributed by atoms with van der Waals surface area (Å²) in [5, 5.41) is 5.79. The monoisotopic (exact) mass is 331 g/mol. The first-order valence-corrected chi connectivity index (χ1v) is 8.47. The van der Waals surface area contributed by atoms with Crippen LogP contribution in [0.3, 0.4) is 0 Å². The molecule has 0 radical (unpaired) electrons. The van der Waals surface area contributed by atoms with Gasteiger partial charge in [-0.25, -0.2) is 4.98 Å². The van der Waals surface area contributed by atoms with E-state index >= 15 is 0 Å². The summed E-state index contributed by atoms with van der Waals surface area (Å²) in [5.41, 5.74) is 3.97. The Morgan fingerprint density at radius 2 is 1.91 bits per heavy atom. The van der Waals surface area contributed by atoms with Crippen LogP contribution in [0.4, 0.5) is 0 Å². The maximum atomic E-state index is 12.0. The maximum Gasteiger partial charge on any atom is 0.263 e. The molecule has 0 bridgehead atoms. The largest absolute Gasteiger partial charge is 0.350 e. The van der Waals surface area contributed by atoms with Crippen molar-refractivity contribution in [1.29, 1.82) is 0 Å². The fourth-order valence-corrected chi connectivity index (χ4v) is 2.68. The van der Waals surface area contributed by atoms with Gasteiger partial charge in [-0.2, -0.15) is 0 Å². The molecule has 1 heterocycles. The third-order valence-corrected chi connectivity index (χ3v) is 4.54. The zero-order valence-corrected chi connectivity index (χ0v) is 14.4. The van der Waals surface area contributed by atoms with Crippen molar-refractivity contribution in [3.63, 3.8) is 0 Å². The number of rotatable bonds is 6. The fourth-order valence-electron chi connectivity index (χ4n) is 1.97. The molecule has 1 aromatic heterocycles. The third-order valence-electron chi connectivity index (χ3n) is 3.61. The number of nitrogens with zero attached hydrogens (tertiary/aromatic N) is 1. The molecule has 1 aromatic carbocycles. The smallest absolute Gasteiger partial charge is 0.263 e. The first kappa shape index (κ1) is 17.1. The van der Waals surface area contributed by atoms with Crippen molar-refractivity contribution in [1.82, 2.24) is 15.6 Å². The number of aryl methyl sites for hydroxylation is 1. The molecule has 5 nitrogen and oxygen atoms in total. The highest BCUT2D eigenvalue weighted by Gasteiger charge is 2.11. The quantitative estimate of drug-likeness (QED) is 0.855. The summed E-state index contributed by atoms with van der Waals surface area (Å²) < 4.78 is 0. The molecule has 0 fully saturated rings. The number of nitrogens with one attached hydrogen (secondary N) is 2. The van der Waals surface area contributed by atoms with Crippen LogP contribution >= 0.6 is 11.3 Å². The number of thiazole rings is 1. The second-order valence-electron chi connectivity index (χ2n) is 5.43. The molecule has 122 valence electrons. The first-order chi connectivity index (χ1) is 11.0. The van der Waals surface area contributed by atoms with Gasteiger partial charge in [0.25, 0.3) is 11.8 Å². The van der Waals surface area contributed by atoms with Gasteiger partial charge in [0.2, 0.25) is 0 Å². The van der Waals surface area contributed by atoms with Crippen molar-refractivity contribution in [3.05, 3.63) is 51.5 Å². The maximum absolute atomic E-state index is 12.0. The molecular weight excluding hydrogens is 310 g/mol. The lowest BCUT2D eigenvalue weighted by Gasteiger charge is -2.11. The zero-order valence-electron chi connectivity index (χ0n) is 13.6. The first-order valence-electron chi connectivity index (χ1n) is 7.59. The normalized spacial score (nSPS) is 11.8. The molecule has 0 spiro atoms. The van der Waals surface area contributed by atoms with E-state index in [1.807, 2.05) is 32.9 Å². The van der Waals surface area contributed by atoms with Gasteiger partial charge in [-0.3, -0.25) is 9.59 Å². The topological polar surface area (TPSA) is 71.1 Å². The molecule has 2 amide bonds. The van der Waals surface area contributed by atoms with Crippen LogP contribution in [0, 0.1) is 6.92 Å². The molecule has 2 N–H and O–H groups in total. The Morgan fingerprint density at radius 1 is 1.22 bits per heavy atom. The molecule has 23 heavy (non-hydrogen) atoms. The van der Waals surface area contributed by atoms with Crippen LogP contribution in [0.15, 0.2) is 29.8 Å². The molecule has 2 rings (SSSR count). The Kier molecular flexibility index (Phi) is 5.87. The van der Waals surface area contributed by atoms with Gasteiger partial charge in [-0.05, 0) is 38.0 Å². The van der Waals surface area contributed by atoms with E-state index in [0.717, 1.165) is 17.7 Å². The van der Waals surface area contributed by atoms with E-state index in [9.17, 15) is 9.59 Å². The minimum Gasteiger partial charge on any atom is -0.350 e. The van der Waals surface area contributed by atoms with Gasteiger partial charge in [-0.15, -0.1) is 11.3 Å². The second-order valence-corrected chi connectivity index (χ2v) is 6.28. The summed E-state index contributed by atoms with van der Waals surface area (Å²) >= 11 is 1.33. The Morgan fingerprint density at radius 3 is 2.48 bits per heavy atom. The molecule has 0 aliphatic carbocycles. The van der Waals surface area contributed by atoms with Crippen molar-refractivity contribution in [3.8, 4) is 0 Å². The molecule has 0 unspecified atom stereocenters. The fraction of sp³-hybridized carbons (Fsp3) is 0.353. The SMILES string of the molecule is CC[C@H](C)NC(=O)c1ccc(CNC(=O)c2scnc2C)cc1. The van der Waals surface area contributed by atoms with Crippen molar-refractivity contribution >= 4 is 23.2 Å². The Labute approximate surface area is 140 Å². The number of hydrogen-bond donors (Lipinski definition) is 2. The van der Waals surface area contributed by atoms with E-state index in [2.05, 4.69) is 15.6 Å². The Hall–Kier alpha value is -2.21. The number of aromatic nitrogens is 1.